The van der Waals surface area contributed by atoms with Crippen LogP contribution in [0.15, 0.2) is 0 Å². The highest BCUT2D eigenvalue weighted by molar-refractivity contribution is 7.94. The van der Waals surface area contributed by atoms with E-state index in [9.17, 15) is 10.1 Å². The zero-order valence-corrected chi connectivity index (χ0v) is 8.84. The lowest BCUT2D eigenvalue weighted by atomic mass is 9.82. The minimum Gasteiger partial charge on any atom is -0.691 e. The van der Waals surface area contributed by atoms with E-state index >= 15 is 0 Å². The highest BCUT2D eigenvalue weighted by atomic mass is 32.2. The minimum absolute atomic E-state index is 0.0142. The van der Waals surface area contributed by atoms with E-state index in [4.69, 9.17) is 0 Å². The molecule has 80 valence electrons. The molecule has 2 fully saturated rings. The van der Waals surface area contributed by atoms with Crippen LogP contribution in [-0.4, -0.2) is 11.5 Å². The molecule has 0 spiro atoms. The van der Waals surface area contributed by atoms with Gasteiger partial charge in [0.15, 0.2) is 0 Å². The highest BCUT2D eigenvalue weighted by Gasteiger charge is 2.55. The Morgan fingerprint density at radius 2 is 2.43 bits per heavy atom. The molecule has 5 heteroatoms. The first-order chi connectivity index (χ1) is 6.68. The van der Waals surface area contributed by atoms with Crippen LogP contribution in [-0.2, 0) is 14.2 Å². The second kappa shape index (κ2) is 3.81. The van der Waals surface area contributed by atoms with Gasteiger partial charge in [0.25, 0.3) is 0 Å². The molecule has 0 aromatic heterocycles. The molecule has 2 bridgehead atoms. The predicted molar refractivity (Wildman–Crippen MR) is 48.6 cm³/mol. The fourth-order valence-electron chi connectivity index (χ4n) is 2.95. The molecule has 4 nitrogen and oxygen atoms in total. The van der Waals surface area contributed by atoms with Gasteiger partial charge in [-0.05, 0) is 24.2 Å². The van der Waals surface area contributed by atoms with E-state index in [1.165, 1.54) is 0 Å². The lowest BCUT2D eigenvalue weighted by molar-refractivity contribution is -0.777. The summed E-state index contributed by atoms with van der Waals surface area (Å²) in [7, 11) is 0. The van der Waals surface area contributed by atoms with Gasteiger partial charge in [-0.25, -0.2) is 0 Å². The van der Waals surface area contributed by atoms with Crippen LogP contribution < -0.4 is 5.26 Å². The average Bonchev–Trinajstić information content (AvgIpc) is 2.57. The Balaban J connectivity index is 1.98. The van der Waals surface area contributed by atoms with Gasteiger partial charge < -0.3 is 5.26 Å². The van der Waals surface area contributed by atoms with Crippen molar-refractivity contribution < 1.29 is 19.4 Å². The summed E-state index contributed by atoms with van der Waals surface area (Å²) in [4.78, 5) is 11.5. The van der Waals surface area contributed by atoms with Crippen molar-refractivity contribution in [2.45, 2.75) is 26.2 Å². The SMILES string of the molecule is CC1(CSOO[O-])C2CCC1C(=O)C2. The molecular weight excluding hydrogens is 204 g/mol. The van der Waals surface area contributed by atoms with Crippen molar-refractivity contribution in [2.24, 2.45) is 17.3 Å². The van der Waals surface area contributed by atoms with Crippen LogP contribution in [0.2, 0.25) is 0 Å². The maximum Gasteiger partial charge on any atom is 0.136 e. The molecule has 0 aliphatic heterocycles. The van der Waals surface area contributed by atoms with E-state index in [2.05, 4.69) is 16.3 Å². The summed E-state index contributed by atoms with van der Waals surface area (Å²) in [6.45, 7) is 2.11. The Bertz CT molecular complexity index is 245. The Kier molecular flexibility index (Phi) is 2.83. The number of hydrogen-bond donors (Lipinski definition) is 0. The van der Waals surface area contributed by atoms with Gasteiger partial charge in [-0.15, -0.1) is 0 Å². The Morgan fingerprint density at radius 3 is 2.93 bits per heavy atom. The molecule has 14 heavy (non-hydrogen) atoms. The van der Waals surface area contributed by atoms with Crippen LogP contribution in [0.1, 0.15) is 26.2 Å². The summed E-state index contributed by atoms with van der Waals surface area (Å²) in [5, 5.41) is 12.9. The van der Waals surface area contributed by atoms with Crippen LogP contribution in [0.3, 0.4) is 0 Å². The first-order valence-electron chi connectivity index (χ1n) is 4.79. The van der Waals surface area contributed by atoms with Crippen molar-refractivity contribution in [1.29, 1.82) is 0 Å². The summed E-state index contributed by atoms with van der Waals surface area (Å²) in [5.41, 5.74) is 0.0142. The quantitative estimate of drug-likeness (QED) is 0.302. The van der Waals surface area contributed by atoms with Gasteiger partial charge >= 0.3 is 0 Å². The van der Waals surface area contributed by atoms with E-state index < -0.39 is 0 Å². The van der Waals surface area contributed by atoms with Gasteiger partial charge in [0.1, 0.15) is 5.78 Å². The van der Waals surface area contributed by atoms with Crippen LogP contribution in [0, 0.1) is 17.3 Å². The van der Waals surface area contributed by atoms with Crippen molar-refractivity contribution in [1.82, 2.24) is 0 Å². The van der Waals surface area contributed by atoms with Crippen molar-refractivity contribution in [3.8, 4) is 0 Å². The fourth-order valence-corrected chi connectivity index (χ4v) is 3.73. The zero-order chi connectivity index (χ0) is 10.2. The van der Waals surface area contributed by atoms with Crippen molar-refractivity contribution >= 4 is 17.8 Å². The number of rotatable bonds is 4. The van der Waals surface area contributed by atoms with E-state index in [1.807, 2.05) is 0 Å². The van der Waals surface area contributed by atoms with Gasteiger partial charge in [0.2, 0.25) is 0 Å². The standard InChI is InChI=1S/C9H14O4S/c1-9(5-14-13-12-11)6-2-3-7(9)8(10)4-6/h6-7,11H,2-5H2,1H3/p-1. The number of carbonyl (C=O) groups excluding carboxylic acids is 1. The number of ketones is 1. The molecule has 0 aromatic carbocycles. The third-order valence-electron chi connectivity index (χ3n) is 3.81. The summed E-state index contributed by atoms with van der Waals surface area (Å²) in [6.07, 6.45) is 2.84. The molecule has 0 saturated heterocycles. The molecule has 2 aliphatic rings. The molecule has 0 heterocycles. The average molecular weight is 217 g/mol. The third-order valence-corrected chi connectivity index (χ3v) is 4.71. The topological polar surface area (TPSA) is 58.6 Å². The highest BCUT2D eigenvalue weighted by Crippen LogP contribution is 2.57. The number of hydrogen-bond acceptors (Lipinski definition) is 5. The van der Waals surface area contributed by atoms with Crippen LogP contribution in [0.4, 0.5) is 0 Å². The second-order valence-corrected chi connectivity index (χ2v) is 5.06. The molecule has 2 aliphatic carbocycles. The molecule has 0 radical (unpaired) electrons. The summed E-state index contributed by atoms with van der Waals surface area (Å²) in [6, 6.07) is 0. The molecule has 0 amide bonds. The lowest BCUT2D eigenvalue weighted by Gasteiger charge is -2.27. The molecular formula is C9H13O4S-. The van der Waals surface area contributed by atoms with Crippen LogP contribution in [0.5, 0.6) is 0 Å². The largest absolute Gasteiger partial charge is 0.691 e. The van der Waals surface area contributed by atoms with Crippen LogP contribution in [0.25, 0.3) is 0 Å². The summed E-state index contributed by atoms with van der Waals surface area (Å²) >= 11 is 1.01. The van der Waals surface area contributed by atoms with E-state index in [0.717, 1.165) is 24.9 Å². The second-order valence-electron chi connectivity index (χ2n) is 4.40. The maximum absolute atomic E-state index is 11.5. The number of carbonyl (C=O) groups is 1. The van der Waals surface area contributed by atoms with Gasteiger partial charge in [0, 0.05) is 30.1 Å². The van der Waals surface area contributed by atoms with E-state index in [1.54, 1.807) is 0 Å². The lowest BCUT2D eigenvalue weighted by Crippen LogP contribution is -2.27. The third kappa shape index (κ3) is 1.48. The van der Waals surface area contributed by atoms with Crippen molar-refractivity contribution in [3.05, 3.63) is 0 Å². The molecule has 0 aromatic rings. The Morgan fingerprint density at radius 1 is 1.64 bits per heavy atom. The Labute approximate surface area is 87.0 Å². The van der Waals surface area contributed by atoms with Crippen molar-refractivity contribution in [3.63, 3.8) is 0 Å². The Hall–Kier alpha value is -0.100. The molecule has 3 unspecified atom stereocenters. The monoisotopic (exact) mass is 217 g/mol. The minimum atomic E-state index is 0.0142. The number of fused-ring (bicyclic) bond motifs is 2. The van der Waals surface area contributed by atoms with E-state index in [0.29, 0.717) is 23.9 Å². The number of Topliss-reactive ketones (excluding diaryl/α,β-unsaturated/α-hetero) is 1. The first kappa shape index (κ1) is 10.4. The van der Waals surface area contributed by atoms with Gasteiger partial charge in [-0.3, -0.25) is 9.83 Å². The van der Waals surface area contributed by atoms with Gasteiger partial charge in [-0.2, -0.15) is 4.33 Å². The molecule has 3 atom stereocenters. The first-order valence-corrected chi connectivity index (χ1v) is 5.70. The zero-order valence-electron chi connectivity index (χ0n) is 8.02. The fraction of sp³-hybridized carbons (Fsp3) is 0.889. The summed E-state index contributed by atoms with van der Waals surface area (Å²) < 4.78 is 4.27. The normalized spacial score (nSPS) is 40.9. The molecule has 2 saturated carbocycles. The van der Waals surface area contributed by atoms with Gasteiger partial charge in [-0.1, -0.05) is 6.92 Å². The van der Waals surface area contributed by atoms with Crippen LogP contribution >= 0.6 is 12.0 Å². The smallest absolute Gasteiger partial charge is 0.136 e. The summed E-state index contributed by atoms with van der Waals surface area (Å²) in [5.74, 6) is 1.70. The maximum atomic E-state index is 11.5. The molecule has 0 N–H and O–H groups in total. The van der Waals surface area contributed by atoms with Gasteiger partial charge in [0.05, 0.1) is 0 Å². The molecule has 2 rings (SSSR count). The van der Waals surface area contributed by atoms with Crippen molar-refractivity contribution in [2.75, 3.05) is 5.75 Å². The predicted octanol–water partition coefficient (Wildman–Crippen LogP) is 0.863. The van der Waals surface area contributed by atoms with E-state index in [-0.39, 0.29) is 11.3 Å².